The maximum atomic E-state index is 4.16. The van der Waals surface area contributed by atoms with Crippen LogP contribution in [0, 0.1) is 5.92 Å². The molecule has 1 rings (SSSR count). The summed E-state index contributed by atoms with van der Waals surface area (Å²) in [5.74, 6) is 0.715. The van der Waals surface area contributed by atoms with E-state index in [2.05, 4.69) is 49.3 Å². The lowest BCUT2D eigenvalue weighted by Crippen LogP contribution is -2.16. The van der Waals surface area contributed by atoms with Crippen molar-refractivity contribution in [1.82, 2.24) is 4.90 Å². The first-order valence-corrected chi connectivity index (χ1v) is 8.17. The van der Waals surface area contributed by atoms with Crippen LogP contribution in [0.1, 0.15) is 58.3 Å². The molecule has 20 heavy (non-hydrogen) atoms. The molecule has 0 aliphatic heterocycles. The first kappa shape index (κ1) is 16.8. The predicted molar refractivity (Wildman–Crippen MR) is 90.4 cm³/mol. The van der Waals surface area contributed by atoms with Gasteiger partial charge in [-0.2, -0.15) is 0 Å². The lowest BCUT2D eigenvalue weighted by atomic mass is 10.2. The van der Waals surface area contributed by atoms with Gasteiger partial charge in [0.1, 0.15) is 0 Å². The lowest BCUT2D eigenvalue weighted by molar-refractivity contribution is 0.487. The molecule has 0 unspecified atom stereocenters. The van der Waals surface area contributed by atoms with Gasteiger partial charge < -0.3 is 4.90 Å². The predicted octanol–water partition coefficient (Wildman–Crippen LogP) is 5.83. The molecule has 0 bridgehead atoms. The van der Waals surface area contributed by atoms with E-state index < -0.39 is 0 Å². The normalized spacial score (nSPS) is 15.1. The second kappa shape index (κ2) is 10.5. The summed E-state index contributed by atoms with van der Waals surface area (Å²) in [5, 5.41) is 0. The van der Waals surface area contributed by atoms with Gasteiger partial charge >= 0.3 is 0 Å². The molecule has 0 aromatic carbocycles. The fraction of sp³-hybridized carbons (Fsp3) is 0.579. The molecular weight excluding hydrogens is 242 g/mol. The Morgan fingerprint density at radius 1 is 1.05 bits per heavy atom. The van der Waals surface area contributed by atoms with E-state index in [-0.39, 0.29) is 0 Å². The summed E-state index contributed by atoms with van der Waals surface area (Å²) >= 11 is 0. The molecule has 1 saturated carbocycles. The summed E-state index contributed by atoms with van der Waals surface area (Å²) in [6.45, 7) is 11.2. The van der Waals surface area contributed by atoms with Crippen LogP contribution in [0.5, 0.6) is 0 Å². The van der Waals surface area contributed by atoms with Gasteiger partial charge in [0.15, 0.2) is 0 Å². The SMILES string of the molecule is C=CN(C/C=C\CC/C=C\CCCCC)C(=C)C1CC1. The molecule has 0 spiro atoms. The van der Waals surface area contributed by atoms with Gasteiger partial charge in [0.25, 0.3) is 0 Å². The molecule has 1 heteroatoms. The highest BCUT2D eigenvalue weighted by Gasteiger charge is 2.26. The second-order valence-corrected chi connectivity index (χ2v) is 5.62. The third-order valence-corrected chi connectivity index (χ3v) is 3.75. The van der Waals surface area contributed by atoms with Crippen LogP contribution in [0.2, 0.25) is 0 Å². The van der Waals surface area contributed by atoms with Crippen LogP contribution in [0.25, 0.3) is 0 Å². The minimum Gasteiger partial charge on any atom is -0.349 e. The zero-order chi connectivity index (χ0) is 14.6. The van der Waals surface area contributed by atoms with E-state index in [4.69, 9.17) is 0 Å². The van der Waals surface area contributed by atoms with Crippen LogP contribution in [0.4, 0.5) is 0 Å². The molecule has 1 nitrogen and oxygen atoms in total. The Morgan fingerprint density at radius 2 is 1.70 bits per heavy atom. The molecule has 0 radical (unpaired) electrons. The smallest absolute Gasteiger partial charge is 0.0402 e. The van der Waals surface area contributed by atoms with E-state index in [1.165, 1.54) is 44.2 Å². The molecule has 0 heterocycles. The van der Waals surface area contributed by atoms with Crippen LogP contribution < -0.4 is 0 Å². The van der Waals surface area contributed by atoms with E-state index >= 15 is 0 Å². The van der Waals surface area contributed by atoms with Crippen molar-refractivity contribution in [3.8, 4) is 0 Å². The van der Waals surface area contributed by atoms with E-state index in [9.17, 15) is 0 Å². The lowest BCUT2D eigenvalue weighted by Gasteiger charge is -2.20. The van der Waals surface area contributed by atoms with Crippen LogP contribution >= 0.6 is 0 Å². The van der Waals surface area contributed by atoms with Gasteiger partial charge in [0, 0.05) is 12.2 Å². The molecule has 1 aliphatic carbocycles. The molecule has 0 saturated heterocycles. The average Bonchev–Trinajstić information content (AvgIpc) is 3.29. The largest absolute Gasteiger partial charge is 0.349 e. The van der Waals surface area contributed by atoms with Gasteiger partial charge in [-0.25, -0.2) is 0 Å². The van der Waals surface area contributed by atoms with E-state index in [0.717, 1.165) is 19.4 Å². The number of hydrogen-bond donors (Lipinski definition) is 0. The number of nitrogens with zero attached hydrogens (tertiary/aromatic N) is 1. The third-order valence-electron chi connectivity index (χ3n) is 3.75. The van der Waals surface area contributed by atoms with E-state index in [1.54, 1.807) is 0 Å². The monoisotopic (exact) mass is 273 g/mol. The Morgan fingerprint density at radius 3 is 2.30 bits per heavy atom. The number of hydrogen-bond acceptors (Lipinski definition) is 1. The van der Waals surface area contributed by atoms with Crippen LogP contribution in [0.15, 0.2) is 49.4 Å². The maximum Gasteiger partial charge on any atom is 0.0402 e. The molecule has 1 aliphatic rings. The van der Waals surface area contributed by atoms with Crippen molar-refractivity contribution >= 4 is 0 Å². The molecule has 0 atom stereocenters. The highest BCUT2D eigenvalue weighted by molar-refractivity contribution is 5.10. The molecule has 0 aromatic rings. The summed E-state index contributed by atoms with van der Waals surface area (Å²) in [5.41, 5.74) is 1.24. The average molecular weight is 273 g/mol. The number of unbranched alkanes of at least 4 members (excludes halogenated alkanes) is 4. The molecule has 0 amide bonds. The van der Waals surface area contributed by atoms with E-state index in [0.29, 0.717) is 5.92 Å². The van der Waals surface area contributed by atoms with Gasteiger partial charge in [-0.05, 0) is 50.6 Å². The summed E-state index contributed by atoms with van der Waals surface area (Å²) in [7, 11) is 0. The zero-order valence-corrected chi connectivity index (χ0v) is 13.2. The standard InChI is InChI=1S/C19H31N/c1-4-6-7-8-9-10-11-12-13-14-17-20(5-2)18(3)19-15-16-19/h5,9-10,13-14,19H,2-4,6-8,11-12,15-17H2,1H3/b10-9-,14-13-. The van der Waals surface area contributed by atoms with Gasteiger partial charge in [-0.1, -0.05) is 57.2 Å². The van der Waals surface area contributed by atoms with Gasteiger partial charge in [0.2, 0.25) is 0 Å². The molecule has 1 fully saturated rings. The van der Waals surface area contributed by atoms with Crippen molar-refractivity contribution in [1.29, 1.82) is 0 Å². The van der Waals surface area contributed by atoms with Crippen LogP contribution in [-0.4, -0.2) is 11.4 Å². The van der Waals surface area contributed by atoms with E-state index in [1.807, 2.05) is 6.20 Å². The summed E-state index contributed by atoms with van der Waals surface area (Å²) in [4.78, 5) is 2.18. The van der Waals surface area contributed by atoms with Gasteiger partial charge in [0.05, 0.1) is 0 Å². The number of allylic oxidation sites excluding steroid dienone is 4. The highest BCUT2D eigenvalue weighted by atomic mass is 15.1. The van der Waals surface area contributed by atoms with Gasteiger partial charge in [-0.15, -0.1) is 0 Å². The summed E-state index contributed by atoms with van der Waals surface area (Å²) < 4.78 is 0. The molecule has 112 valence electrons. The minimum absolute atomic E-state index is 0.715. The Hall–Kier alpha value is -1.24. The Labute approximate surface area is 125 Å². The van der Waals surface area contributed by atoms with Crippen LogP contribution in [-0.2, 0) is 0 Å². The minimum atomic E-state index is 0.715. The highest BCUT2D eigenvalue weighted by Crippen LogP contribution is 2.37. The quantitative estimate of drug-likeness (QED) is 0.319. The van der Waals surface area contributed by atoms with Crippen molar-refractivity contribution in [2.75, 3.05) is 6.54 Å². The zero-order valence-electron chi connectivity index (χ0n) is 13.2. The first-order valence-electron chi connectivity index (χ1n) is 8.17. The van der Waals surface area contributed by atoms with Crippen molar-refractivity contribution in [2.45, 2.75) is 58.3 Å². The van der Waals surface area contributed by atoms with Crippen molar-refractivity contribution in [3.63, 3.8) is 0 Å². The molecular formula is C19H31N. The number of rotatable bonds is 12. The summed E-state index contributed by atoms with van der Waals surface area (Å²) in [6, 6.07) is 0. The van der Waals surface area contributed by atoms with Gasteiger partial charge in [-0.3, -0.25) is 0 Å². The Balaban J connectivity index is 2.05. The Bertz CT molecular complexity index is 334. The van der Waals surface area contributed by atoms with Crippen LogP contribution in [0.3, 0.4) is 0 Å². The molecule has 0 aromatic heterocycles. The third kappa shape index (κ3) is 7.37. The first-order chi connectivity index (χ1) is 9.79. The maximum absolute atomic E-state index is 4.16. The van der Waals surface area contributed by atoms with Crippen molar-refractivity contribution < 1.29 is 0 Å². The molecule has 0 N–H and O–H groups in total. The van der Waals surface area contributed by atoms with Crippen molar-refractivity contribution in [2.24, 2.45) is 5.92 Å². The topological polar surface area (TPSA) is 3.24 Å². The second-order valence-electron chi connectivity index (χ2n) is 5.62. The van der Waals surface area contributed by atoms with Crippen molar-refractivity contribution in [3.05, 3.63) is 49.4 Å². The fourth-order valence-electron chi connectivity index (χ4n) is 2.21. The fourth-order valence-corrected chi connectivity index (χ4v) is 2.21. The Kier molecular flexibility index (Phi) is 8.86. The summed E-state index contributed by atoms with van der Waals surface area (Å²) in [6.07, 6.45) is 21.2.